The van der Waals surface area contributed by atoms with E-state index in [1.807, 2.05) is 79.7 Å². The number of nitrogens with zero attached hydrogens (tertiary/aromatic N) is 2. The van der Waals surface area contributed by atoms with Gasteiger partial charge in [0.2, 0.25) is 5.91 Å². The first kappa shape index (κ1) is 27.2. The molecule has 8 nitrogen and oxygen atoms in total. The van der Waals surface area contributed by atoms with Crippen LogP contribution < -0.4 is 5.32 Å². The number of carbonyl (C=O) groups excluding carboxylic acids is 1. The molecular formula is C32H32N4O4. The fourth-order valence-electron chi connectivity index (χ4n) is 4.82. The van der Waals surface area contributed by atoms with Gasteiger partial charge in [-0.25, -0.2) is 4.98 Å². The molecule has 4 N–H and O–H groups in total. The number of amides is 1. The SMILES string of the molecule is C=C(O)[C@@H]1ON(Cc2ccc(C#Cc3ccc(C)cc3)cc2)[C@H](C(=O)NCCc2nc3ccccc3[nH]2)[C@@H]1CO. The number of imidazole rings is 1. The largest absolute Gasteiger partial charge is 0.510 e. The van der Waals surface area contributed by atoms with Gasteiger partial charge >= 0.3 is 0 Å². The van der Waals surface area contributed by atoms with E-state index in [0.717, 1.165) is 33.5 Å². The van der Waals surface area contributed by atoms with Gasteiger partial charge in [-0.2, -0.15) is 5.06 Å². The first-order valence-corrected chi connectivity index (χ1v) is 13.2. The Morgan fingerprint density at radius 1 is 1.07 bits per heavy atom. The van der Waals surface area contributed by atoms with E-state index >= 15 is 0 Å². The van der Waals surface area contributed by atoms with E-state index in [1.54, 1.807) is 0 Å². The number of hydroxylamine groups is 2. The number of rotatable bonds is 8. The number of aromatic amines is 1. The van der Waals surface area contributed by atoms with Gasteiger partial charge in [-0.05, 0) is 48.9 Å². The minimum absolute atomic E-state index is 0.233. The minimum Gasteiger partial charge on any atom is -0.510 e. The summed E-state index contributed by atoms with van der Waals surface area (Å²) in [4.78, 5) is 27.1. The number of benzene rings is 3. The summed E-state index contributed by atoms with van der Waals surface area (Å²) in [6.45, 7) is 5.90. The Kier molecular flexibility index (Phi) is 8.27. The van der Waals surface area contributed by atoms with Crippen molar-refractivity contribution in [3.05, 3.63) is 113 Å². The van der Waals surface area contributed by atoms with Crippen LogP contribution in [-0.2, 0) is 22.6 Å². The Hall–Kier alpha value is -4.42. The van der Waals surface area contributed by atoms with Crippen molar-refractivity contribution >= 4 is 16.9 Å². The number of nitrogens with one attached hydrogen (secondary N) is 2. The molecular weight excluding hydrogens is 504 g/mol. The second-order valence-corrected chi connectivity index (χ2v) is 9.94. The average molecular weight is 537 g/mol. The molecule has 4 aromatic rings. The summed E-state index contributed by atoms with van der Waals surface area (Å²) < 4.78 is 0. The van der Waals surface area contributed by atoms with Crippen LogP contribution in [0, 0.1) is 24.7 Å². The highest BCUT2D eigenvalue weighted by Gasteiger charge is 2.48. The van der Waals surface area contributed by atoms with Crippen LogP contribution in [0.2, 0.25) is 0 Å². The number of aryl methyl sites for hydroxylation is 1. The summed E-state index contributed by atoms with van der Waals surface area (Å²) >= 11 is 0. The zero-order valence-corrected chi connectivity index (χ0v) is 22.3. The third-order valence-corrected chi connectivity index (χ3v) is 6.96. The van der Waals surface area contributed by atoms with Gasteiger partial charge < -0.3 is 20.5 Å². The lowest BCUT2D eigenvalue weighted by molar-refractivity contribution is -0.173. The molecule has 0 saturated carbocycles. The van der Waals surface area contributed by atoms with Crippen molar-refractivity contribution in [2.45, 2.75) is 32.0 Å². The van der Waals surface area contributed by atoms with Crippen molar-refractivity contribution in [1.82, 2.24) is 20.3 Å². The lowest BCUT2D eigenvalue weighted by Gasteiger charge is -2.24. The molecule has 40 heavy (non-hydrogen) atoms. The smallest absolute Gasteiger partial charge is 0.240 e. The van der Waals surface area contributed by atoms with Crippen LogP contribution in [0.3, 0.4) is 0 Å². The zero-order chi connectivity index (χ0) is 28.1. The third kappa shape index (κ3) is 6.24. The van der Waals surface area contributed by atoms with Gasteiger partial charge in [0, 0.05) is 30.0 Å². The van der Waals surface area contributed by atoms with Crippen LogP contribution in [0.4, 0.5) is 0 Å². The molecule has 1 aliphatic rings. The van der Waals surface area contributed by atoms with Crippen LogP contribution in [0.5, 0.6) is 0 Å². The molecule has 0 aliphatic carbocycles. The molecule has 1 saturated heterocycles. The maximum absolute atomic E-state index is 13.3. The van der Waals surface area contributed by atoms with Crippen molar-refractivity contribution in [1.29, 1.82) is 0 Å². The topological polar surface area (TPSA) is 111 Å². The van der Waals surface area contributed by atoms with Gasteiger partial charge in [0.15, 0.2) is 0 Å². The van der Waals surface area contributed by atoms with Crippen molar-refractivity contribution in [3.8, 4) is 11.8 Å². The highest BCUT2D eigenvalue weighted by atomic mass is 16.7. The number of aliphatic hydroxyl groups excluding tert-OH is 2. The monoisotopic (exact) mass is 536 g/mol. The number of hydrogen-bond donors (Lipinski definition) is 4. The molecule has 1 amide bonds. The second-order valence-electron chi connectivity index (χ2n) is 9.94. The van der Waals surface area contributed by atoms with Crippen molar-refractivity contribution in [3.63, 3.8) is 0 Å². The molecule has 1 aliphatic heterocycles. The molecule has 1 fully saturated rings. The Morgan fingerprint density at radius 3 is 2.40 bits per heavy atom. The minimum atomic E-state index is -0.893. The van der Waals surface area contributed by atoms with Gasteiger partial charge in [-0.15, -0.1) is 0 Å². The normalized spacial score (nSPS) is 18.8. The summed E-state index contributed by atoms with van der Waals surface area (Å²) in [7, 11) is 0. The van der Waals surface area contributed by atoms with Gasteiger partial charge in [0.1, 0.15) is 23.7 Å². The number of para-hydroxylation sites is 2. The number of H-pyrrole nitrogens is 1. The highest BCUT2D eigenvalue weighted by Crippen LogP contribution is 2.32. The predicted molar refractivity (Wildman–Crippen MR) is 153 cm³/mol. The highest BCUT2D eigenvalue weighted by molar-refractivity contribution is 5.82. The molecule has 1 aromatic heterocycles. The van der Waals surface area contributed by atoms with E-state index in [0.29, 0.717) is 13.0 Å². The Balaban J connectivity index is 1.25. The maximum Gasteiger partial charge on any atom is 0.240 e. The quantitative estimate of drug-likeness (QED) is 0.202. The summed E-state index contributed by atoms with van der Waals surface area (Å²) in [5.74, 6) is 5.88. The molecule has 5 rings (SSSR count). The maximum atomic E-state index is 13.3. The van der Waals surface area contributed by atoms with Crippen molar-refractivity contribution < 1.29 is 19.8 Å². The van der Waals surface area contributed by atoms with Crippen LogP contribution in [0.15, 0.2) is 85.1 Å². The Bertz CT molecular complexity index is 1520. The fourth-order valence-corrected chi connectivity index (χ4v) is 4.82. The van der Waals surface area contributed by atoms with E-state index in [2.05, 4.69) is 33.7 Å². The standard InChI is InChI=1S/C32H32N4O4/c1-21-7-9-23(10-8-21)11-12-24-13-15-25(16-14-24)19-36-30(26(20-37)31(40-36)22(2)38)32(39)33-18-17-29-34-27-5-3-4-6-28(27)35-29/h3-10,13-16,26,30-31,37-38H,2,17-20H2,1H3,(H,33,39)(H,34,35)/t26-,30-,31-/m0/s1. The summed E-state index contributed by atoms with van der Waals surface area (Å²) in [5.41, 5.74) is 5.70. The molecule has 0 bridgehead atoms. The first-order valence-electron chi connectivity index (χ1n) is 13.2. The van der Waals surface area contributed by atoms with E-state index in [1.165, 1.54) is 10.6 Å². The summed E-state index contributed by atoms with van der Waals surface area (Å²) in [5, 5.41) is 24.7. The molecule has 3 atom stereocenters. The fraction of sp³-hybridized carbons (Fsp3) is 0.250. The predicted octanol–water partition coefficient (Wildman–Crippen LogP) is 3.79. The molecule has 8 heteroatoms. The lowest BCUT2D eigenvalue weighted by Crippen LogP contribution is -2.47. The number of aromatic nitrogens is 2. The number of fused-ring (bicyclic) bond motifs is 1. The molecule has 2 heterocycles. The van der Waals surface area contributed by atoms with Gasteiger partial charge in [0.05, 0.1) is 24.2 Å². The molecule has 204 valence electrons. The van der Waals surface area contributed by atoms with E-state index < -0.39 is 18.1 Å². The van der Waals surface area contributed by atoms with Crippen molar-refractivity contribution in [2.24, 2.45) is 5.92 Å². The van der Waals surface area contributed by atoms with E-state index in [9.17, 15) is 15.0 Å². The number of hydrogen-bond acceptors (Lipinski definition) is 6. The van der Waals surface area contributed by atoms with Crippen LogP contribution in [0.1, 0.15) is 28.1 Å². The number of carbonyl (C=O) groups is 1. The van der Waals surface area contributed by atoms with E-state index in [-0.39, 0.29) is 24.8 Å². The van der Waals surface area contributed by atoms with Gasteiger partial charge in [-0.1, -0.05) is 60.4 Å². The van der Waals surface area contributed by atoms with Crippen LogP contribution >= 0.6 is 0 Å². The molecule has 3 aromatic carbocycles. The Morgan fingerprint density at radius 2 is 1.75 bits per heavy atom. The van der Waals surface area contributed by atoms with Crippen LogP contribution in [0.25, 0.3) is 11.0 Å². The first-order chi connectivity index (χ1) is 19.4. The van der Waals surface area contributed by atoms with Crippen molar-refractivity contribution in [2.75, 3.05) is 13.2 Å². The molecule has 0 radical (unpaired) electrons. The Labute approximate surface area is 233 Å². The molecule has 0 spiro atoms. The van der Waals surface area contributed by atoms with Gasteiger partial charge in [0.25, 0.3) is 0 Å². The summed E-state index contributed by atoms with van der Waals surface area (Å²) in [6.07, 6.45) is -0.380. The third-order valence-electron chi connectivity index (χ3n) is 6.96. The van der Waals surface area contributed by atoms with E-state index in [4.69, 9.17) is 4.84 Å². The lowest BCUT2D eigenvalue weighted by atomic mass is 9.93. The summed E-state index contributed by atoms with van der Waals surface area (Å²) in [6, 6.07) is 22.7. The average Bonchev–Trinajstić information content (AvgIpc) is 3.54. The second kappa shape index (κ2) is 12.2. The number of aliphatic hydroxyl groups is 2. The molecule has 0 unspecified atom stereocenters. The zero-order valence-electron chi connectivity index (χ0n) is 22.3. The van der Waals surface area contributed by atoms with Gasteiger partial charge in [-0.3, -0.25) is 9.63 Å². The van der Waals surface area contributed by atoms with Crippen LogP contribution in [-0.4, -0.2) is 56.4 Å².